The summed E-state index contributed by atoms with van der Waals surface area (Å²) in [6.45, 7) is 6.07. The van der Waals surface area contributed by atoms with E-state index in [0.29, 0.717) is 0 Å². The van der Waals surface area contributed by atoms with Gasteiger partial charge >= 0.3 is 0 Å². The number of carbonyl (C=O) groups excluding carboxylic acids is 2. The van der Waals surface area contributed by atoms with Gasteiger partial charge in [-0.05, 0) is 30.4 Å². The van der Waals surface area contributed by atoms with Gasteiger partial charge in [0.1, 0.15) is 0 Å². The first-order valence-electron chi connectivity index (χ1n) is 7.08. The quantitative estimate of drug-likeness (QED) is 0.842. The second-order valence-electron chi connectivity index (χ2n) is 6.60. The second-order valence-corrected chi connectivity index (χ2v) is 6.60. The van der Waals surface area contributed by atoms with Gasteiger partial charge in [0.25, 0.3) is 11.8 Å². The SMILES string of the molecule is CC1(C)[C@H]2CC[C@]1(C)C(=O)N(Nc1ccccc1)C2=O. The van der Waals surface area contributed by atoms with Crippen LogP contribution in [0.25, 0.3) is 0 Å². The average Bonchev–Trinajstić information content (AvgIpc) is 2.61. The normalized spacial score (nSPS) is 31.6. The molecule has 4 nitrogen and oxygen atoms in total. The molecule has 4 heteroatoms. The van der Waals surface area contributed by atoms with E-state index in [1.54, 1.807) is 0 Å². The Bertz CT molecular complexity index is 567. The van der Waals surface area contributed by atoms with Crippen LogP contribution in [0, 0.1) is 16.7 Å². The molecule has 2 aliphatic rings. The van der Waals surface area contributed by atoms with E-state index in [0.717, 1.165) is 18.5 Å². The van der Waals surface area contributed by atoms with E-state index in [2.05, 4.69) is 5.43 Å². The van der Waals surface area contributed by atoms with Crippen LogP contribution in [-0.2, 0) is 9.59 Å². The van der Waals surface area contributed by atoms with Gasteiger partial charge in [-0.2, -0.15) is 5.01 Å². The van der Waals surface area contributed by atoms with Crippen molar-refractivity contribution in [3.63, 3.8) is 0 Å². The molecule has 2 bridgehead atoms. The highest BCUT2D eigenvalue weighted by Gasteiger charge is 2.64. The molecule has 1 aliphatic heterocycles. The molecular formula is C16H20N2O2. The topological polar surface area (TPSA) is 49.4 Å². The van der Waals surface area contributed by atoms with E-state index in [4.69, 9.17) is 0 Å². The molecule has 0 unspecified atom stereocenters. The summed E-state index contributed by atoms with van der Waals surface area (Å²) in [4.78, 5) is 25.4. The summed E-state index contributed by atoms with van der Waals surface area (Å²) in [5.41, 5.74) is 3.01. The lowest BCUT2D eigenvalue weighted by Gasteiger charge is -2.47. The van der Waals surface area contributed by atoms with Crippen molar-refractivity contribution in [3.05, 3.63) is 30.3 Å². The number of piperidine rings is 1. The summed E-state index contributed by atoms with van der Waals surface area (Å²) >= 11 is 0. The molecule has 0 spiro atoms. The highest BCUT2D eigenvalue weighted by molar-refractivity contribution is 6.04. The number of rotatable bonds is 2. The zero-order valence-corrected chi connectivity index (χ0v) is 12.1. The minimum atomic E-state index is -0.465. The molecule has 0 radical (unpaired) electrons. The van der Waals surface area contributed by atoms with Gasteiger partial charge in [-0.15, -0.1) is 0 Å². The Kier molecular flexibility index (Phi) is 2.68. The van der Waals surface area contributed by atoms with Crippen molar-refractivity contribution < 1.29 is 9.59 Å². The van der Waals surface area contributed by atoms with Crippen LogP contribution in [-0.4, -0.2) is 16.8 Å². The number of hydrogen-bond acceptors (Lipinski definition) is 3. The minimum absolute atomic E-state index is 0.0820. The van der Waals surface area contributed by atoms with Crippen LogP contribution >= 0.6 is 0 Å². The number of amides is 2. The number of hydrogen-bond donors (Lipinski definition) is 1. The maximum atomic E-state index is 12.8. The molecule has 1 aromatic carbocycles. The molecule has 2 fully saturated rings. The lowest BCUT2D eigenvalue weighted by atomic mass is 9.63. The largest absolute Gasteiger partial charge is 0.289 e. The molecule has 1 aromatic rings. The van der Waals surface area contributed by atoms with E-state index in [9.17, 15) is 9.59 Å². The average molecular weight is 272 g/mol. The summed E-state index contributed by atoms with van der Waals surface area (Å²) in [7, 11) is 0. The number of carbonyl (C=O) groups is 2. The number of nitrogens with zero attached hydrogens (tertiary/aromatic N) is 1. The Labute approximate surface area is 119 Å². The van der Waals surface area contributed by atoms with Crippen molar-refractivity contribution >= 4 is 17.5 Å². The van der Waals surface area contributed by atoms with Crippen molar-refractivity contribution in [2.24, 2.45) is 16.7 Å². The number of para-hydroxylation sites is 1. The van der Waals surface area contributed by atoms with Gasteiger partial charge in [0.15, 0.2) is 0 Å². The Hall–Kier alpha value is -1.84. The van der Waals surface area contributed by atoms with E-state index < -0.39 is 5.41 Å². The third-order valence-electron chi connectivity index (χ3n) is 5.43. The molecule has 3 rings (SSSR count). The maximum Gasteiger partial charge on any atom is 0.254 e. The molecule has 1 N–H and O–H groups in total. The third kappa shape index (κ3) is 1.54. The van der Waals surface area contributed by atoms with Gasteiger partial charge in [-0.1, -0.05) is 39.0 Å². The highest BCUT2D eigenvalue weighted by Crippen LogP contribution is 2.59. The van der Waals surface area contributed by atoms with E-state index in [-0.39, 0.29) is 23.1 Å². The summed E-state index contributed by atoms with van der Waals surface area (Å²) in [6.07, 6.45) is 1.57. The Morgan fingerprint density at radius 3 is 2.45 bits per heavy atom. The zero-order chi connectivity index (χ0) is 14.5. The lowest BCUT2D eigenvalue weighted by Crippen LogP contribution is -2.60. The van der Waals surface area contributed by atoms with Crippen molar-refractivity contribution in [1.82, 2.24) is 5.01 Å². The van der Waals surface area contributed by atoms with Crippen molar-refractivity contribution in [2.45, 2.75) is 33.6 Å². The second kappa shape index (κ2) is 4.08. The van der Waals surface area contributed by atoms with Crippen LogP contribution in [0.4, 0.5) is 5.69 Å². The Morgan fingerprint density at radius 1 is 1.15 bits per heavy atom. The Morgan fingerprint density at radius 2 is 1.80 bits per heavy atom. The van der Waals surface area contributed by atoms with Crippen molar-refractivity contribution in [1.29, 1.82) is 0 Å². The molecule has 1 aliphatic carbocycles. The predicted molar refractivity (Wildman–Crippen MR) is 76.5 cm³/mol. The predicted octanol–water partition coefficient (Wildman–Crippen LogP) is 2.82. The Balaban J connectivity index is 1.95. The number of nitrogens with one attached hydrogen (secondary N) is 1. The van der Waals surface area contributed by atoms with Crippen LogP contribution in [0.3, 0.4) is 0 Å². The number of hydrazine groups is 1. The minimum Gasteiger partial charge on any atom is -0.289 e. The number of benzene rings is 1. The molecule has 20 heavy (non-hydrogen) atoms. The van der Waals surface area contributed by atoms with Gasteiger partial charge in [0, 0.05) is 5.92 Å². The molecular weight excluding hydrogens is 252 g/mol. The maximum absolute atomic E-state index is 12.8. The smallest absolute Gasteiger partial charge is 0.254 e. The number of imide groups is 1. The first-order chi connectivity index (χ1) is 9.38. The summed E-state index contributed by atoms with van der Waals surface area (Å²) in [5.74, 6) is -0.287. The van der Waals surface area contributed by atoms with Crippen molar-refractivity contribution in [2.75, 3.05) is 5.43 Å². The number of fused-ring (bicyclic) bond motifs is 2. The molecule has 1 saturated heterocycles. The fraction of sp³-hybridized carbons (Fsp3) is 0.500. The van der Waals surface area contributed by atoms with Crippen molar-refractivity contribution in [3.8, 4) is 0 Å². The first-order valence-corrected chi connectivity index (χ1v) is 7.08. The number of anilines is 1. The van der Waals surface area contributed by atoms with Crippen LogP contribution in [0.1, 0.15) is 33.6 Å². The van der Waals surface area contributed by atoms with Gasteiger partial charge in [0.2, 0.25) is 0 Å². The first kappa shape index (κ1) is 13.2. The molecule has 1 heterocycles. The molecule has 106 valence electrons. The standard InChI is InChI=1S/C16H20N2O2/c1-15(2)12-9-10-16(15,3)14(20)18(13(12)19)17-11-7-5-4-6-8-11/h4-8,12,17H,9-10H2,1-3H3/t12-,16+/m0/s1. The summed E-state index contributed by atoms with van der Waals surface area (Å²) < 4.78 is 0. The molecule has 0 aromatic heterocycles. The van der Waals surface area contributed by atoms with Crippen LogP contribution in [0.15, 0.2) is 30.3 Å². The van der Waals surface area contributed by atoms with Crippen LogP contribution in [0.2, 0.25) is 0 Å². The summed E-state index contributed by atoms with van der Waals surface area (Å²) in [5, 5.41) is 1.23. The zero-order valence-electron chi connectivity index (χ0n) is 12.1. The van der Waals surface area contributed by atoms with Crippen LogP contribution < -0.4 is 5.43 Å². The monoisotopic (exact) mass is 272 g/mol. The van der Waals surface area contributed by atoms with Gasteiger partial charge in [-0.25, -0.2) is 0 Å². The van der Waals surface area contributed by atoms with Gasteiger partial charge in [-0.3, -0.25) is 15.0 Å². The van der Waals surface area contributed by atoms with E-state index >= 15 is 0 Å². The highest BCUT2D eigenvalue weighted by atomic mass is 16.2. The van der Waals surface area contributed by atoms with Gasteiger partial charge < -0.3 is 0 Å². The fourth-order valence-electron chi connectivity index (χ4n) is 3.57. The molecule has 2 atom stereocenters. The van der Waals surface area contributed by atoms with E-state index in [1.807, 2.05) is 51.1 Å². The molecule has 1 saturated carbocycles. The van der Waals surface area contributed by atoms with Crippen LogP contribution in [0.5, 0.6) is 0 Å². The summed E-state index contributed by atoms with van der Waals surface area (Å²) in [6, 6.07) is 9.36. The van der Waals surface area contributed by atoms with E-state index in [1.165, 1.54) is 5.01 Å². The third-order valence-corrected chi connectivity index (χ3v) is 5.43. The molecule has 2 amide bonds. The van der Waals surface area contributed by atoms with Gasteiger partial charge in [0.05, 0.1) is 11.1 Å². The fourth-order valence-corrected chi connectivity index (χ4v) is 3.57. The lowest BCUT2D eigenvalue weighted by molar-refractivity contribution is -0.165.